The molecule has 1 saturated heterocycles. The highest BCUT2D eigenvalue weighted by Gasteiger charge is 2.44. The van der Waals surface area contributed by atoms with E-state index in [2.05, 4.69) is 12.2 Å². The van der Waals surface area contributed by atoms with Gasteiger partial charge in [0.25, 0.3) is 0 Å². The van der Waals surface area contributed by atoms with Crippen molar-refractivity contribution < 1.29 is 19.7 Å². The maximum Gasteiger partial charge on any atom is 0.303 e. The smallest absolute Gasteiger partial charge is 0.303 e. The fraction of sp³-hybridized carbons (Fsp3) is 0.643. The molecule has 1 fully saturated rings. The van der Waals surface area contributed by atoms with Crippen molar-refractivity contribution in [1.82, 2.24) is 0 Å². The Hall–Kier alpha value is -1.13. The number of ether oxygens (including phenoxy) is 1. The second-order valence-corrected chi connectivity index (χ2v) is 4.95. The van der Waals surface area contributed by atoms with Crippen LogP contribution in [0.1, 0.15) is 25.7 Å². The minimum Gasteiger partial charge on any atom is -0.481 e. The number of hydrogen-bond acceptors (Lipinski definition) is 3. The van der Waals surface area contributed by atoms with Crippen molar-refractivity contribution in [3.8, 4) is 0 Å². The van der Waals surface area contributed by atoms with Crippen molar-refractivity contribution in [3.63, 3.8) is 0 Å². The van der Waals surface area contributed by atoms with Gasteiger partial charge in [-0.2, -0.15) is 0 Å². The summed E-state index contributed by atoms with van der Waals surface area (Å²) in [6, 6.07) is 0. The molecule has 2 aliphatic heterocycles. The molecule has 0 unspecified atom stereocenters. The number of aliphatic hydroxyl groups excluding tert-OH is 1. The Morgan fingerprint density at radius 2 is 1.94 bits per heavy atom. The van der Waals surface area contributed by atoms with Crippen LogP contribution in [0, 0.1) is 11.8 Å². The molecular formula is C14H20O4. The lowest BCUT2D eigenvalue weighted by Crippen LogP contribution is -2.26. The van der Waals surface area contributed by atoms with Crippen LogP contribution in [0.25, 0.3) is 0 Å². The van der Waals surface area contributed by atoms with Crippen molar-refractivity contribution in [3.05, 3.63) is 24.3 Å². The van der Waals surface area contributed by atoms with Crippen LogP contribution < -0.4 is 0 Å². The van der Waals surface area contributed by atoms with Gasteiger partial charge < -0.3 is 14.9 Å². The van der Waals surface area contributed by atoms with Crippen molar-refractivity contribution >= 4 is 5.97 Å². The number of carboxylic acids is 1. The number of allylic oxidation sites excluding steroid dienone is 2. The summed E-state index contributed by atoms with van der Waals surface area (Å²) in [7, 11) is 0. The van der Waals surface area contributed by atoms with Gasteiger partial charge in [-0.1, -0.05) is 24.3 Å². The summed E-state index contributed by atoms with van der Waals surface area (Å²) in [5, 5.41) is 17.9. The van der Waals surface area contributed by atoms with Crippen LogP contribution in [0.2, 0.25) is 0 Å². The van der Waals surface area contributed by atoms with Gasteiger partial charge in [0.15, 0.2) is 0 Å². The van der Waals surface area contributed by atoms with Crippen LogP contribution in [0.4, 0.5) is 0 Å². The first-order chi connectivity index (χ1) is 8.72. The Labute approximate surface area is 107 Å². The summed E-state index contributed by atoms with van der Waals surface area (Å²) in [5.74, 6) is -0.167. The predicted octanol–water partition coefficient (Wildman–Crippen LogP) is 1.75. The number of fused-ring (bicyclic) bond motifs is 2. The molecule has 0 spiro atoms. The molecule has 2 bridgehead atoms. The quantitative estimate of drug-likeness (QED) is 0.535. The van der Waals surface area contributed by atoms with Crippen molar-refractivity contribution in [2.45, 2.75) is 37.9 Å². The molecule has 0 radical (unpaired) electrons. The first-order valence-corrected chi connectivity index (χ1v) is 6.54. The summed E-state index contributed by atoms with van der Waals surface area (Å²) >= 11 is 0. The van der Waals surface area contributed by atoms with E-state index in [0.717, 1.165) is 12.8 Å². The Morgan fingerprint density at radius 3 is 2.61 bits per heavy atom. The van der Waals surface area contributed by atoms with E-state index in [1.165, 1.54) is 0 Å². The van der Waals surface area contributed by atoms with E-state index in [1.54, 1.807) is 0 Å². The molecule has 4 heteroatoms. The number of rotatable bonds is 7. The lowest BCUT2D eigenvalue weighted by molar-refractivity contribution is -0.137. The van der Waals surface area contributed by atoms with Crippen LogP contribution in [0.5, 0.6) is 0 Å². The van der Waals surface area contributed by atoms with E-state index in [9.17, 15) is 9.90 Å². The second kappa shape index (κ2) is 6.16. The van der Waals surface area contributed by atoms with Gasteiger partial charge in [-0.15, -0.1) is 0 Å². The van der Waals surface area contributed by atoms with Crippen LogP contribution in [-0.2, 0) is 9.53 Å². The highest BCUT2D eigenvalue weighted by molar-refractivity contribution is 5.66. The first kappa shape index (κ1) is 13.3. The molecular weight excluding hydrogens is 232 g/mol. The lowest BCUT2D eigenvalue weighted by Gasteiger charge is -2.21. The number of aliphatic carboxylic acids is 1. The molecule has 0 saturated carbocycles. The van der Waals surface area contributed by atoms with E-state index in [1.807, 2.05) is 12.2 Å². The summed E-state index contributed by atoms with van der Waals surface area (Å²) in [6.07, 6.45) is 11.1. The van der Waals surface area contributed by atoms with E-state index >= 15 is 0 Å². The minimum atomic E-state index is -0.740. The highest BCUT2D eigenvalue weighted by atomic mass is 16.5. The number of carboxylic acid groups (broad SMARTS) is 1. The molecule has 0 aromatic carbocycles. The molecule has 2 rings (SSSR count). The molecule has 18 heavy (non-hydrogen) atoms. The summed E-state index contributed by atoms with van der Waals surface area (Å²) in [5.41, 5.74) is 0. The number of aliphatic hydroxyl groups is 1. The maximum atomic E-state index is 10.3. The fourth-order valence-electron chi connectivity index (χ4n) is 2.76. The van der Waals surface area contributed by atoms with Crippen molar-refractivity contribution in [2.75, 3.05) is 6.61 Å². The third-order valence-corrected chi connectivity index (χ3v) is 3.75. The van der Waals surface area contributed by atoms with Gasteiger partial charge in [0.2, 0.25) is 0 Å². The monoisotopic (exact) mass is 252 g/mol. The van der Waals surface area contributed by atoms with Crippen molar-refractivity contribution in [1.29, 1.82) is 0 Å². The van der Waals surface area contributed by atoms with Gasteiger partial charge in [-0.3, -0.25) is 4.79 Å². The zero-order valence-corrected chi connectivity index (χ0v) is 10.4. The number of unbranched alkanes of at least 4 members (excludes halogenated alkanes) is 1. The summed E-state index contributed by atoms with van der Waals surface area (Å²) < 4.78 is 5.72. The topological polar surface area (TPSA) is 66.8 Å². The number of hydrogen-bond donors (Lipinski definition) is 2. The van der Waals surface area contributed by atoms with E-state index in [-0.39, 0.29) is 31.2 Å². The fourth-order valence-corrected chi connectivity index (χ4v) is 2.76. The van der Waals surface area contributed by atoms with Gasteiger partial charge in [0.1, 0.15) is 0 Å². The molecule has 2 aliphatic rings. The van der Waals surface area contributed by atoms with Crippen LogP contribution in [0.15, 0.2) is 24.3 Å². The average molecular weight is 252 g/mol. The SMILES string of the molecule is O=C(O)CCCC=CC[C@@H]1[C@H](CO)[C@H]2C=C[C@@H]1O2. The Morgan fingerprint density at radius 1 is 1.22 bits per heavy atom. The number of carbonyl (C=O) groups is 1. The van der Waals surface area contributed by atoms with Crippen LogP contribution >= 0.6 is 0 Å². The summed E-state index contributed by atoms with van der Waals surface area (Å²) in [6.45, 7) is 0.170. The third kappa shape index (κ3) is 3.00. The molecule has 0 aromatic rings. The Bertz CT molecular complexity index is 348. The van der Waals surface area contributed by atoms with Gasteiger partial charge in [-0.05, 0) is 25.2 Å². The predicted molar refractivity (Wildman–Crippen MR) is 67.1 cm³/mol. The van der Waals surface area contributed by atoms with E-state index < -0.39 is 5.97 Å². The lowest BCUT2D eigenvalue weighted by atomic mass is 9.81. The van der Waals surface area contributed by atoms with Gasteiger partial charge >= 0.3 is 5.97 Å². The Balaban J connectivity index is 1.71. The molecule has 100 valence electrons. The first-order valence-electron chi connectivity index (χ1n) is 6.54. The molecule has 4 nitrogen and oxygen atoms in total. The summed E-state index contributed by atoms with van der Waals surface area (Å²) in [4.78, 5) is 10.3. The van der Waals surface area contributed by atoms with Gasteiger partial charge in [0, 0.05) is 18.9 Å². The molecule has 0 aliphatic carbocycles. The van der Waals surface area contributed by atoms with E-state index in [4.69, 9.17) is 9.84 Å². The largest absolute Gasteiger partial charge is 0.481 e. The normalized spacial score (nSPS) is 33.6. The highest BCUT2D eigenvalue weighted by Crippen LogP contribution is 2.40. The Kier molecular flexibility index (Phi) is 4.55. The molecule has 2 heterocycles. The minimum absolute atomic E-state index is 0.0883. The molecule has 0 aromatic heterocycles. The zero-order chi connectivity index (χ0) is 13.0. The third-order valence-electron chi connectivity index (χ3n) is 3.75. The average Bonchev–Trinajstić information content (AvgIpc) is 2.93. The standard InChI is InChI=1S/C14H20O4/c15-9-11-10(12-7-8-13(11)18-12)5-3-1-2-4-6-14(16)17/h1,3,7-8,10-13,15H,2,4-6,9H2,(H,16,17)/t10-,11+,12+,13-/m1/s1. The molecule has 4 atom stereocenters. The van der Waals surface area contributed by atoms with Gasteiger partial charge in [0.05, 0.1) is 12.2 Å². The molecule has 2 N–H and O–H groups in total. The van der Waals surface area contributed by atoms with E-state index in [0.29, 0.717) is 12.3 Å². The molecule has 0 amide bonds. The van der Waals surface area contributed by atoms with Gasteiger partial charge in [-0.25, -0.2) is 0 Å². The van der Waals surface area contributed by atoms with Crippen LogP contribution in [0.3, 0.4) is 0 Å². The second-order valence-electron chi connectivity index (χ2n) is 4.95. The van der Waals surface area contributed by atoms with Crippen molar-refractivity contribution in [2.24, 2.45) is 11.8 Å². The zero-order valence-electron chi connectivity index (χ0n) is 10.4. The maximum absolute atomic E-state index is 10.3. The van der Waals surface area contributed by atoms with Crippen LogP contribution in [-0.4, -0.2) is 35.0 Å².